The summed E-state index contributed by atoms with van der Waals surface area (Å²) in [6.07, 6.45) is 2.98. The number of likely N-dealkylation sites (tertiary alicyclic amines) is 1. The van der Waals surface area contributed by atoms with Crippen LogP contribution in [-0.4, -0.2) is 39.7 Å². The van der Waals surface area contributed by atoms with Gasteiger partial charge in [0.15, 0.2) is 0 Å². The molecular weight excluding hydrogens is 326 g/mol. The normalized spacial score (nSPS) is 17.5. The lowest BCUT2D eigenvalue weighted by Gasteiger charge is -2.14. The van der Waals surface area contributed by atoms with Crippen molar-refractivity contribution in [3.05, 3.63) is 60.1 Å². The molecule has 0 spiro atoms. The van der Waals surface area contributed by atoms with Gasteiger partial charge in [0, 0.05) is 24.8 Å². The Morgan fingerprint density at radius 2 is 2.04 bits per heavy atom. The molecule has 26 heavy (non-hydrogen) atoms. The predicted molar refractivity (Wildman–Crippen MR) is 101 cm³/mol. The van der Waals surface area contributed by atoms with Gasteiger partial charge in [0.25, 0.3) is 0 Å². The molecule has 1 atom stereocenters. The average Bonchev–Trinajstić information content (AvgIpc) is 3.32. The second-order valence-corrected chi connectivity index (χ2v) is 6.85. The maximum Gasteiger partial charge on any atom is 0.247 e. The molecule has 1 N–H and O–H groups in total. The van der Waals surface area contributed by atoms with Crippen LogP contribution in [0.5, 0.6) is 0 Å². The Hall–Kier alpha value is -2.73. The molecule has 3 heterocycles. The van der Waals surface area contributed by atoms with Crippen LogP contribution in [0.25, 0.3) is 11.5 Å². The molecule has 3 aromatic rings. The molecule has 6 heteroatoms. The largest absolute Gasteiger partial charge is 0.419 e. The molecule has 6 nitrogen and oxygen atoms in total. The number of hydrogen-bond donors (Lipinski definition) is 1. The van der Waals surface area contributed by atoms with E-state index in [0.29, 0.717) is 24.2 Å². The monoisotopic (exact) mass is 349 g/mol. The number of anilines is 1. The second-order valence-electron chi connectivity index (χ2n) is 6.85. The summed E-state index contributed by atoms with van der Waals surface area (Å²) in [5.74, 6) is 2.81. The van der Waals surface area contributed by atoms with Crippen molar-refractivity contribution in [2.24, 2.45) is 5.92 Å². The van der Waals surface area contributed by atoms with E-state index >= 15 is 0 Å². The SMILES string of the molecule is Cc1ccc(-c2nnc(CN3CCC(CNc4ccccn4)C3)o2)cc1. The van der Waals surface area contributed by atoms with E-state index in [-0.39, 0.29) is 0 Å². The molecule has 1 unspecified atom stereocenters. The molecule has 0 bridgehead atoms. The highest BCUT2D eigenvalue weighted by Gasteiger charge is 2.24. The van der Waals surface area contributed by atoms with Crippen molar-refractivity contribution in [1.82, 2.24) is 20.1 Å². The molecule has 1 aromatic carbocycles. The number of hydrogen-bond acceptors (Lipinski definition) is 6. The van der Waals surface area contributed by atoms with Gasteiger partial charge in [-0.3, -0.25) is 4.90 Å². The number of pyridine rings is 1. The lowest BCUT2D eigenvalue weighted by Crippen LogP contribution is -2.23. The molecule has 0 saturated carbocycles. The Labute approximate surface area is 153 Å². The number of aromatic nitrogens is 3. The maximum atomic E-state index is 5.85. The van der Waals surface area contributed by atoms with Crippen molar-refractivity contribution < 1.29 is 4.42 Å². The van der Waals surface area contributed by atoms with Crippen LogP contribution in [0.4, 0.5) is 5.82 Å². The van der Waals surface area contributed by atoms with E-state index in [1.807, 2.05) is 36.5 Å². The van der Waals surface area contributed by atoms with E-state index in [2.05, 4.69) is 44.5 Å². The van der Waals surface area contributed by atoms with Crippen LogP contribution in [0, 0.1) is 12.8 Å². The van der Waals surface area contributed by atoms with Gasteiger partial charge in [-0.1, -0.05) is 23.8 Å². The summed E-state index contributed by atoms with van der Waals surface area (Å²) >= 11 is 0. The van der Waals surface area contributed by atoms with Crippen LogP contribution in [0.1, 0.15) is 17.9 Å². The molecule has 1 fully saturated rings. The molecule has 2 aromatic heterocycles. The maximum absolute atomic E-state index is 5.85. The third-order valence-corrected chi connectivity index (χ3v) is 4.73. The number of benzene rings is 1. The van der Waals surface area contributed by atoms with Crippen molar-refractivity contribution in [1.29, 1.82) is 0 Å². The molecule has 1 aliphatic rings. The summed E-state index contributed by atoms with van der Waals surface area (Å²) in [6.45, 7) is 5.79. The minimum Gasteiger partial charge on any atom is -0.419 e. The Morgan fingerprint density at radius 1 is 1.15 bits per heavy atom. The van der Waals surface area contributed by atoms with Gasteiger partial charge in [-0.25, -0.2) is 4.98 Å². The van der Waals surface area contributed by atoms with Gasteiger partial charge in [0.1, 0.15) is 5.82 Å². The van der Waals surface area contributed by atoms with E-state index in [1.165, 1.54) is 12.0 Å². The fourth-order valence-corrected chi connectivity index (χ4v) is 3.26. The van der Waals surface area contributed by atoms with E-state index in [0.717, 1.165) is 31.0 Å². The zero-order valence-electron chi connectivity index (χ0n) is 14.9. The Bertz CT molecular complexity index is 831. The summed E-state index contributed by atoms with van der Waals surface area (Å²) in [5, 5.41) is 11.8. The summed E-state index contributed by atoms with van der Waals surface area (Å²) in [5.41, 5.74) is 2.18. The van der Waals surface area contributed by atoms with Crippen LogP contribution < -0.4 is 5.32 Å². The second kappa shape index (κ2) is 7.66. The minimum atomic E-state index is 0.590. The van der Waals surface area contributed by atoms with Gasteiger partial charge in [0.2, 0.25) is 11.8 Å². The van der Waals surface area contributed by atoms with Gasteiger partial charge in [-0.15, -0.1) is 10.2 Å². The van der Waals surface area contributed by atoms with Gasteiger partial charge >= 0.3 is 0 Å². The quantitative estimate of drug-likeness (QED) is 0.736. The molecule has 4 rings (SSSR count). The van der Waals surface area contributed by atoms with Crippen molar-refractivity contribution in [3.8, 4) is 11.5 Å². The lowest BCUT2D eigenvalue weighted by atomic mass is 10.1. The van der Waals surface area contributed by atoms with E-state index in [4.69, 9.17) is 4.42 Å². The van der Waals surface area contributed by atoms with Crippen LogP contribution in [0.15, 0.2) is 53.1 Å². The Morgan fingerprint density at radius 3 is 2.85 bits per heavy atom. The first-order valence-corrected chi connectivity index (χ1v) is 9.03. The fraction of sp³-hybridized carbons (Fsp3) is 0.350. The first-order chi connectivity index (χ1) is 12.8. The van der Waals surface area contributed by atoms with Gasteiger partial charge in [-0.05, 0) is 50.1 Å². The van der Waals surface area contributed by atoms with E-state index < -0.39 is 0 Å². The molecular formula is C20H23N5O. The van der Waals surface area contributed by atoms with Gasteiger partial charge in [-0.2, -0.15) is 0 Å². The first kappa shape index (κ1) is 16.7. The highest BCUT2D eigenvalue weighted by atomic mass is 16.4. The number of nitrogens with zero attached hydrogens (tertiary/aromatic N) is 4. The summed E-state index contributed by atoms with van der Waals surface area (Å²) in [6, 6.07) is 14.1. The summed E-state index contributed by atoms with van der Waals surface area (Å²) in [4.78, 5) is 6.68. The zero-order valence-corrected chi connectivity index (χ0v) is 14.9. The molecule has 1 aliphatic heterocycles. The van der Waals surface area contributed by atoms with Crippen molar-refractivity contribution in [2.75, 3.05) is 25.0 Å². The molecule has 0 amide bonds. The molecule has 0 aliphatic carbocycles. The van der Waals surface area contributed by atoms with Crippen molar-refractivity contribution in [2.45, 2.75) is 19.9 Å². The third-order valence-electron chi connectivity index (χ3n) is 4.73. The summed E-state index contributed by atoms with van der Waals surface area (Å²) < 4.78 is 5.85. The van der Waals surface area contributed by atoms with Crippen LogP contribution >= 0.6 is 0 Å². The standard InChI is InChI=1S/C20H23N5O/c1-15-5-7-17(8-6-15)20-24-23-19(26-20)14-25-11-9-16(13-25)12-22-18-4-2-3-10-21-18/h2-8,10,16H,9,11-14H2,1H3,(H,21,22). The highest BCUT2D eigenvalue weighted by molar-refractivity contribution is 5.52. The lowest BCUT2D eigenvalue weighted by molar-refractivity contribution is 0.283. The Kier molecular flexibility index (Phi) is 4.93. The van der Waals surface area contributed by atoms with Crippen LogP contribution in [0.2, 0.25) is 0 Å². The molecule has 134 valence electrons. The minimum absolute atomic E-state index is 0.590. The van der Waals surface area contributed by atoms with Crippen LogP contribution in [0.3, 0.4) is 0 Å². The predicted octanol–water partition coefficient (Wildman–Crippen LogP) is 3.37. The smallest absolute Gasteiger partial charge is 0.247 e. The summed E-state index contributed by atoms with van der Waals surface area (Å²) in [7, 11) is 0. The van der Waals surface area contributed by atoms with E-state index in [9.17, 15) is 0 Å². The zero-order chi connectivity index (χ0) is 17.8. The number of aryl methyl sites for hydroxylation is 1. The number of rotatable bonds is 6. The number of nitrogens with one attached hydrogen (secondary N) is 1. The topological polar surface area (TPSA) is 67.1 Å². The van der Waals surface area contributed by atoms with Crippen molar-refractivity contribution in [3.63, 3.8) is 0 Å². The molecule has 0 radical (unpaired) electrons. The highest BCUT2D eigenvalue weighted by Crippen LogP contribution is 2.22. The van der Waals surface area contributed by atoms with Crippen LogP contribution in [-0.2, 0) is 6.54 Å². The average molecular weight is 349 g/mol. The molecule has 1 saturated heterocycles. The van der Waals surface area contributed by atoms with Crippen molar-refractivity contribution >= 4 is 5.82 Å². The Balaban J connectivity index is 1.29. The first-order valence-electron chi connectivity index (χ1n) is 9.03. The fourth-order valence-electron chi connectivity index (χ4n) is 3.26. The third kappa shape index (κ3) is 4.08. The van der Waals surface area contributed by atoms with Gasteiger partial charge in [0.05, 0.1) is 6.54 Å². The van der Waals surface area contributed by atoms with Gasteiger partial charge < -0.3 is 9.73 Å². The van der Waals surface area contributed by atoms with E-state index in [1.54, 1.807) is 0 Å².